The van der Waals surface area contributed by atoms with Crippen LogP contribution in [0.2, 0.25) is 0 Å². The molecule has 0 aliphatic carbocycles. The fourth-order valence-corrected chi connectivity index (χ4v) is 9.53. The zero-order chi connectivity index (χ0) is 51.3. The molecule has 0 bridgehead atoms. The SMILES string of the molecule is CCCCC/C=C\C/C=C\CCCCCCCCCC(=O)NC(COP(=O)(O)OCC[N+](C)(C)C)C(O)/C=C/CC/C=C/CCCCCCCCCCCCCCCCCCCCCCCCCCC. The van der Waals surface area contributed by atoms with Crippen molar-refractivity contribution >= 4 is 13.7 Å². The minimum atomic E-state index is -4.36. The smallest absolute Gasteiger partial charge is 0.387 e. The lowest BCUT2D eigenvalue weighted by Crippen LogP contribution is -2.45. The first-order valence-corrected chi connectivity index (χ1v) is 31.5. The molecule has 3 unspecified atom stereocenters. The van der Waals surface area contributed by atoms with E-state index in [0.717, 1.165) is 51.4 Å². The summed E-state index contributed by atoms with van der Waals surface area (Å²) in [4.78, 5) is 23.3. The fourth-order valence-electron chi connectivity index (χ4n) is 8.80. The van der Waals surface area contributed by atoms with E-state index in [-0.39, 0.29) is 19.1 Å². The number of unbranched alkanes of at least 4 members (excludes halogenated alkanes) is 36. The monoisotopic (exact) mass is 1010 g/mol. The third-order valence-corrected chi connectivity index (χ3v) is 14.5. The Morgan fingerprint density at radius 2 is 0.829 bits per heavy atom. The van der Waals surface area contributed by atoms with E-state index in [0.29, 0.717) is 17.4 Å². The molecule has 3 N–H and O–H groups in total. The van der Waals surface area contributed by atoms with Crippen LogP contribution in [0.15, 0.2) is 48.6 Å². The first-order valence-electron chi connectivity index (χ1n) is 30.0. The number of nitrogens with one attached hydrogen (secondary N) is 1. The molecule has 1 amide bonds. The average Bonchev–Trinajstić information content (AvgIpc) is 3.32. The molecule has 0 heterocycles. The Kier molecular flexibility index (Phi) is 51.2. The van der Waals surface area contributed by atoms with E-state index < -0.39 is 20.0 Å². The van der Waals surface area contributed by atoms with Gasteiger partial charge in [0.05, 0.1) is 39.9 Å². The standard InChI is InChI=1S/C61H117N2O6P/c1-6-8-10-12-14-16-18-20-22-24-25-26-27-28-29-30-31-32-33-34-35-36-37-39-40-42-44-46-48-50-52-54-60(64)59(58-69-70(66,67)68-57-56-63(3,4)5)62-61(65)55-53-51-49-47-45-43-41-38-23-21-19-17-15-13-11-9-7-2/h15,17,21,23,44,46,52,54,59-60,64H,6-14,16,18-20,22,24-43,45,47-51,53,55-58H2,1-5H3,(H-,62,65,66,67)/p+1/b17-15-,23-21-,46-44+,54-52+. The molecule has 0 radical (unpaired) electrons. The maximum atomic E-state index is 13.0. The molecule has 0 rings (SSSR count). The molecule has 0 aromatic carbocycles. The van der Waals surface area contributed by atoms with Crippen LogP contribution in [-0.4, -0.2) is 73.4 Å². The molecule has 0 aromatic heterocycles. The van der Waals surface area contributed by atoms with Crippen molar-refractivity contribution in [3.63, 3.8) is 0 Å². The van der Waals surface area contributed by atoms with Crippen molar-refractivity contribution in [3.05, 3.63) is 48.6 Å². The highest BCUT2D eigenvalue weighted by Crippen LogP contribution is 2.43. The van der Waals surface area contributed by atoms with E-state index in [2.05, 4.69) is 55.6 Å². The number of aliphatic hydroxyl groups excluding tert-OH is 1. The maximum Gasteiger partial charge on any atom is 0.472 e. The van der Waals surface area contributed by atoms with Gasteiger partial charge in [-0.3, -0.25) is 13.8 Å². The van der Waals surface area contributed by atoms with Crippen LogP contribution in [0.25, 0.3) is 0 Å². The number of phosphoric acid groups is 1. The van der Waals surface area contributed by atoms with Gasteiger partial charge in [-0.25, -0.2) is 4.57 Å². The van der Waals surface area contributed by atoms with E-state index in [1.54, 1.807) is 6.08 Å². The van der Waals surface area contributed by atoms with Gasteiger partial charge in [-0.1, -0.05) is 262 Å². The highest BCUT2D eigenvalue weighted by atomic mass is 31.2. The van der Waals surface area contributed by atoms with Crippen molar-refractivity contribution in [2.24, 2.45) is 0 Å². The summed E-state index contributed by atoms with van der Waals surface area (Å²) in [5.41, 5.74) is 0. The first kappa shape index (κ1) is 68.5. The van der Waals surface area contributed by atoms with E-state index >= 15 is 0 Å². The van der Waals surface area contributed by atoms with E-state index in [1.807, 2.05) is 27.2 Å². The van der Waals surface area contributed by atoms with Gasteiger partial charge in [-0.15, -0.1) is 0 Å². The molecule has 3 atom stereocenters. The highest BCUT2D eigenvalue weighted by molar-refractivity contribution is 7.47. The lowest BCUT2D eigenvalue weighted by atomic mass is 10.0. The number of hydrogen-bond donors (Lipinski definition) is 3. The number of carbonyl (C=O) groups is 1. The van der Waals surface area contributed by atoms with E-state index in [1.165, 1.54) is 212 Å². The summed E-state index contributed by atoms with van der Waals surface area (Å²) < 4.78 is 23.7. The Labute approximate surface area is 435 Å². The van der Waals surface area contributed by atoms with Gasteiger partial charge < -0.3 is 19.8 Å². The molecular weight excluding hydrogens is 888 g/mol. The molecule has 0 aliphatic rings. The number of nitrogens with zero attached hydrogens (tertiary/aromatic N) is 1. The van der Waals surface area contributed by atoms with Crippen LogP contribution in [0, 0.1) is 0 Å². The van der Waals surface area contributed by atoms with Crippen molar-refractivity contribution in [3.8, 4) is 0 Å². The minimum absolute atomic E-state index is 0.0537. The third-order valence-electron chi connectivity index (χ3n) is 13.5. The Balaban J connectivity index is 4.16. The lowest BCUT2D eigenvalue weighted by Gasteiger charge is -2.25. The van der Waals surface area contributed by atoms with E-state index in [4.69, 9.17) is 9.05 Å². The third kappa shape index (κ3) is 54.2. The van der Waals surface area contributed by atoms with Crippen LogP contribution < -0.4 is 5.32 Å². The highest BCUT2D eigenvalue weighted by Gasteiger charge is 2.27. The molecule has 412 valence electrons. The summed E-state index contributed by atoms with van der Waals surface area (Å²) >= 11 is 0. The summed E-state index contributed by atoms with van der Waals surface area (Å²) in [6, 6.07) is -0.869. The normalized spacial score (nSPS) is 14.2. The molecule has 0 aliphatic heterocycles. The van der Waals surface area contributed by atoms with Crippen LogP contribution in [0.5, 0.6) is 0 Å². The zero-order valence-corrected chi connectivity index (χ0v) is 47.9. The summed E-state index contributed by atoms with van der Waals surface area (Å²) in [5.74, 6) is -0.193. The zero-order valence-electron chi connectivity index (χ0n) is 47.0. The molecule has 0 fully saturated rings. The fraction of sp³-hybridized carbons (Fsp3) is 0.852. The minimum Gasteiger partial charge on any atom is -0.387 e. The van der Waals surface area contributed by atoms with Crippen LogP contribution >= 0.6 is 7.82 Å². The number of hydrogen-bond acceptors (Lipinski definition) is 5. The second-order valence-corrected chi connectivity index (χ2v) is 23.2. The van der Waals surface area contributed by atoms with Gasteiger partial charge in [-0.05, 0) is 64.2 Å². The largest absolute Gasteiger partial charge is 0.472 e. The number of rotatable bonds is 55. The van der Waals surface area contributed by atoms with Crippen molar-refractivity contribution in [2.75, 3.05) is 40.9 Å². The summed E-state index contributed by atoms with van der Waals surface area (Å²) in [7, 11) is 1.55. The number of aliphatic hydroxyl groups is 1. The van der Waals surface area contributed by atoms with Gasteiger partial charge in [-0.2, -0.15) is 0 Å². The molecule has 9 heteroatoms. The lowest BCUT2D eigenvalue weighted by molar-refractivity contribution is -0.870. The quantitative estimate of drug-likeness (QED) is 0.0243. The van der Waals surface area contributed by atoms with Gasteiger partial charge in [0.15, 0.2) is 0 Å². The Morgan fingerprint density at radius 1 is 0.486 bits per heavy atom. The summed E-state index contributed by atoms with van der Waals surface area (Å²) in [6.45, 7) is 4.79. The van der Waals surface area contributed by atoms with Gasteiger partial charge in [0.1, 0.15) is 13.2 Å². The molecule has 0 saturated carbocycles. The molecule has 70 heavy (non-hydrogen) atoms. The topological polar surface area (TPSA) is 105 Å². The molecule has 0 aromatic rings. The average molecular weight is 1010 g/mol. The van der Waals surface area contributed by atoms with Crippen LogP contribution in [0.3, 0.4) is 0 Å². The first-order chi connectivity index (χ1) is 34.0. The summed E-state index contributed by atoms with van der Waals surface area (Å²) in [5, 5.41) is 13.9. The predicted molar refractivity (Wildman–Crippen MR) is 304 cm³/mol. The van der Waals surface area contributed by atoms with E-state index in [9.17, 15) is 19.4 Å². The Morgan fingerprint density at radius 3 is 1.26 bits per heavy atom. The van der Waals surface area contributed by atoms with Crippen molar-refractivity contribution in [2.45, 2.75) is 296 Å². The molecule has 0 spiro atoms. The number of carbonyl (C=O) groups excluding carboxylic acids is 1. The Hall–Kier alpha value is -1.54. The second-order valence-electron chi connectivity index (χ2n) is 21.7. The number of quaternary nitrogens is 1. The molecule has 0 saturated heterocycles. The summed E-state index contributed by atoms with van der Waals surface area (Å²) in [6.07, 6.45) is 69.5. The van der Waals surface area contributed by atoms with Crippen LogP contribution in [0.4, 0.5) is 0 Å². The van der Waals surface area contributed by atoms with Gasteiger partial charge in [0.2, 0.25) is 5.91 Å². The maximum absolute atomic E-state index is 13.0. The number of phosphoric ester groups is 1. The second kappa shape index (κ2) is 52.3. The molecular formula is C61H118N2O6P+. The molecule has 8 nitrogen and oxygen atoms in total. The van der Waals surface area contributed by atoms with Crippen molar-refractivity contribution < 1.29 is 32.9 Å². The Bertz CT molecular complexity index is 1280. The van der Waals surface area contributed by atoms with Crippen LogP contribution in [-0.2, 0) is 18.4 Å². The number of likely N-dealkylation sites (N-methyl/N-ethyl adjacent to an activating group) is 1. The van der Waals surface area contributed by atoms with Gasteiger partial charge in [0, 0.05) is 6.42 Å². The van der Waals surface area contributed by atoms with Crippen molar-refractivity contribution in [1.82, 2.24) is 5.32 Å². The van der Waals surface area contributed by atoms with Crippen molar-refractivity contribution in [1.29, 1.82) is 0 Å². The predicted octanol–water partition coefficient (Wildman–Crippen LogP) is 18.3. The van der Waals surface area contributed by atoms with Crippen LogP contribution in [0.1, 0.15) is 284 Å². The number of amides is 1. The number of allylic oxidation sites excluding steroid dienone is 7. The van der Waals surface area contributed by atoms with Gasteiger partial charge in [0.25, 0.3) is 0 Å². The van der Waals surface area contributed by atoms with Gasteiger partial charge >= 0.3 is 7.82 Å².